The number of nitrogens with zero attached hydrogens (tertiary/aromatic N) is 1. The van der Waals surface area contributed by atoms with E-state index in [1.54, 1.807) is 26.1 Å². The molecular formula is C14H17Cl2NO3S. The van der Waals surface area contributed by atoms with Crippen LogP contribution in [0, 0.1) is 0 Å². The summed E-state index contributed by atoms with van der Waals surface area (Å²) in [5.41, 5.74) is 0.923. The number of hydrogen-bond donors (Lipinski definition) is 0. The number of benzene rings is 1. The van der Waals surface area contributed by atoms with Gasteiger partial charge in [-0.2, -0.15) is 0 Å². The van der Waals surface area contributed by atoms with Crippen LogP contribution in [0.2, 0.25) is 10.0 Å². The van der Waals surface area contributed by atoms with E-state index in [0.29, 0.717) is 22.4 Å². The van der Waals surface area contributed by atoms with E-state index in [1.165, 1.54) is 16.7 Å². The molecule has 1 aromatic rings. The fourth-order valence-corrected chi connectivity index (χ4v) is 3.01. The number of ether oxygens (including phenoxy) is 1. The first-order valence-corrected chi connectivity index (χ1v) is 8.26. The number of carbonyl (C=O) groups excluding carboxylic acids is 2. The highest BCUT2D eigenvalue weighted by Gasteiger charge is 2.13. The number of halogens is 2. The van der Waals surface area contributed by atoms with Gasteiger partial charge >= 0.3 is 5.97 Å². The molecule has 0 heterocycles. The normalized spacial score (nSPS) is 10.3. The molecule has 0 spiro atoms. The van der Waals surface area contributed by atoms with Crippen LogP contribution in [0.15, 0.2) is 18.2 Å². The number of hydrogen-bond acceptors (Lipinski definition) is 4. The van der Waals surface area contributed by atoms with Gasteiger partial charge < -0.3 is 9.64 Å². The molecule has 21 heavy (non-hydrogen) atoms. The van der Waals surface area contributed by atoms with Crippen LogP contribution in [-0.2, 0) is 20.1 Å². The highest BCUT2D eigenvalue weighted by atomic mass is 35.5. The molecular weight excluding hydrogens is 333 g/mol. The van der Waals surface area contributed by atoms with Crippen molar-refractivity contribution in [3.8, 4) is 0 Å². The summed E-state index contributed by atoms with van der Waals surface area (Å²) in [6, 6.07) is 5.27. The van der Waals surface area contributed by atoms with Crippen molar-refractivity contribution in [3.05, 3.63) is 33.8 Å². The van der Waals surface area contributed by atoms with Crippen molar-refractivity contribution in [1.29, 1.82) is 0 Å². The van der Waals surface area contributed by atoms with Crippen LogP contribution < -0.4 is 0 Å². The van der Waals surface area contributed by atoms with Crippen molar-refractivity contribution < 1.29 is 14.3 Å². The van der Waals surface area contributed by atoms with Crippen LogP contribution in [0.3, 0.4) is 0 Å². The summed E-state index contributed by atoms with van der Waals surface area (Å²) < 4.78 is 4.79. The predicted octanol–water partition coefficient (Wildman–Crippen LogP) is 3.25. The Bertz CT molecular complexity index is 511. The quantitative estimate of drug-likeness (QED) is 0.709. The van der Waals surface area contributed by atoms with Gasteiger partial charge in [0.2, 0.25) is 5.91 Å². The monoisotopic (exact) mass is 349 g/mol. The largest absolute Gasteiger partial charge is 0.465 e. The Balaban J connectivity index is 2.37. The van der Waals surface area contributed by atoms with Crippen LogP contribution in [0.25, 0.3) is 0 Å². The lowest BCUT2D eigenvalue weighted by atomic mass is 10.2. The summed E-state index contributed by atoms with van der Waals surface area (Å²) in [6.07, 6.45) is 0. The average molecular weight is 350 g/mol. The van der Waals surface area contributed by atoms with Gasteiger partial charge in [0.05, 0.1) is 12.4 Å². The van der Waals surface area contributed by atoms with Crippen LogP contribution in [0.4, 0.5) is 0 Å². The van der Waals surface area contributed by atoms with E-state index >= 15 is 0 Å². The van der Waals surface area contributed by atoms with E-state index in [-0.39, 0.29) is 18.2 Å². The molecule has 0 aliphatic rings. The van der Waals surface area contributed by atoms with Crippen LogP contribution >= 0.6 is 35.0 Å². The minimum Gasteiger partial charge on any atom is -0.465 e. The van der Waals surface area contributed by atoms with E-state index in [0.717, 1.165) is 5.56 Å². The maximum atomic E-state index is 11.9. The molecule has 0 saturated carbocycles. The summed E-state index contributed by atoms with van der Waals surface area (Å²) >= 11 is 13.3. The highest BCUT2D eigenvalue weighted by molar-refractivity contribution is 7.99. The molecule has 7 heteroatoms. The molecule has 0 aromatic heterocycles. The van der Waals surface area contributed by atoms with Crippen molar-refractivity contribution in [2.75, 3.05) is 26.0 Å². The van der Waals surface area contributed by atoms with Crippen LogP contribution in [-0.4, -0.2) is 42.7 Å². The van der Waals surface area contributed by atoms with Crippen molar-refractivity contribution in [1.82, 2.24) is 4.90 Å². The SMILES string of the molecule is CCOC(=O)CN(C)C(=O)CSCc1ccc(Cl)cc1Cl. The number of likely N-dealkylation sites (N-methyl/N-ethyl adjacent to an activating group) is 1. The number of rotatable bonds is 7. The average Bonchev–Trinajstić information content (AvgIpc) is 2.41. The van der Waals surface area contributed by atoms with Gasteiger partial charge in [0.1, 0.15) is 6.54 Å². The van der Waals surface area contributed by atoms with Crippen molar-refractivity contribution in [2.24, 2.45) is 0 Å². The summed E-state index contributed by atoms with van der Waals surface area (Å²) in [7, 11) is 1.58. The first-order chi connectivity index (χ1) is 9.93. The lowest BCUT2D eigenvalue weighted by Crippen LogP contribution is -2.34. The molecule has 0 radical (unpaired) electrons. The van der Waals surface area contributed by atoms with Gasteiger partial charge in [-0.1, -0.05) is 29.3 Å². The van der Waals surface area contributed by atoms with E-state index in [1.807, 2.05) is 6.07 Å². The molecule has 0 atom stereocenters. The van der Waals surface area contributed by atoms with Gasteiger partial charge in [0, 0.05) is 22.8 Å². The first-order valence-electron chi connectivity index (χ1n) is 6.35. The lowest BCUT2D eigenvalue weighted by molar-refractivity contribution is -0.147. The molecule has 116 valence electrons. The fraction of sp³-hybridized carbons (Fsp3) is 0.429. The molecule has 1 rings (SSSR count). The van der Waals surface area contributed by atoms with Gasteiger partial charge in [-0.25, -0.2) is 0 Å². The van der Waals surface area contributed by atoms with Gasteiger partial charge in [-0.05, 0) is 24.6 Å². The van der Waals surface area contributed by atoms with Gasteiger partial charge in [0.25, 0.3) is 0 Å². The minimum atomic E-state index is -0.404. The van der Waals surface area contributed by atoms with E-state index in [4.69, 9.17) is 27.9 Å². The molecule has 4 nitrogen and oxygen atoms in total. The van der Waals surface area contributed by atoms with Crippen molar-refractivity contribution in [2.45, 2.75) is 12.7 Å². The number of amides is 1. The summed E-state index contributed by atoms with van der Waals surface area (Å²) in [4.78, 5) is 24.5. The molecule has 0 bridgehead atoms. The zero-order valence-corrected chi connectivity index (χ0v) is 14.2. The smallest absolute Gasteiger partial charge is 0.325 e. The molecule has 0 N–H and O–H groups in total. The standard InChI is InChI=1S/C14H17Cl2NO3S/c1-3-20-14(19)7-17(2)13(18)9-21-8-10-4-5-11(15)6-12(10)16/h4-6H,3,7-9H2,1-2H3. The Labute approximate surface area is 138 Å². The van der Waals surface area contributed by atoms with E-state index in [2.05, 4.69) is 0 Å². The maximum Gasteiger partial charge on any atom is 0.325 e. The fourth-order valence-electron chi connectivity index (χ4n) is 1.49. The van der Waals surface area contributed by atoms with E-state index < -0.39 is 5.97 Å². The molecule has 1 aromatic carbocycles. The number of thioether (sulfide) groups is 1. The first kappa shape index (κ1) is 18.1. The second kappa shape index (κ2) is 9.18. The van der Waals surface area contributed by atoms with Gasteiger partial charge in [0.15, 0.2) is 0 Å². The zero-order chi connectivity index (χ0) is 15.8. The summed E-state index contributed by atoms with van der Waals surface area (Å²) in [5.74, 6) is 0.348. The third-order valence-electron chi connectivity index (χ3n) is 2.60. The molecule has 1 amide bonds. The van der Waals surface area contributed by atoms with Crippen LogP contribution in [0.1, 0.15) is 12.5 Å². The Hall–Kier alpha value is -0.910. The molecule has 0 fully saturated rings. The second-order valence-electron chi connectivity index (χ2n) is 4.28. The maximum absolute atomic E-state index is 11.9. The minimum absolute atomic E-state index is 0.0328. The van der Waals surface area contributed by atoms with Crippen molar-refractivity contribution in [3.63, 3.8) is 0 Å². The third kappa shape index (κ3) is 6.59. The Morgan fingerprint density at radius 2 is 2.05 bits per heavy atom. The summed E-state index contributed by atoms with van der Waals surface area (Å²) in [5, 5.41) is 1.17. The highest BCUT2D eigenvalue weighted by Crippen LogP contribution is 2.24. The Morgan fingerprint density at radius 3 is 2.67 bits per heavy atom. The van der Waals surface area contributed by atoms with E-state index in [9.17, 15) is 9.59 Å². The molecule has 0 aliphatic heterocycles. The Kier molecular flexibility index (Phi) is 7.93. The topological polar surface area (TPSA) is 46.6 Å². The van der Waals surface area contributed by atoms with Crippen LogP contribution in [0.5, 0.6) is 0 Å². The molecule has 0 aliphatic carbocycles. The Morgan fingerprint density at radius 1 is 1.33 bits per heavy atom. The molecule has 0 unspecified atom stereocenters. The lowest BCUT2D eigenvalue weighted by Gasteiger charge is -2.15. The second-order valence-corrected chi connectivity index (χ2v) is 6.11. The predicted molar refractivity (Wildman–Crippen MR) is 86.9 cm³/mol. The summed E-state index contributed by atoms with van der Waals surface area (Å²) in [6.45, 7) is 2.01. The molecule has 0 saturated heterocycles. The van der Waals surface area contributed by atoms with Gasteiger partial charge in [-0.15, -0.1) is 11.8 Å². The van der Waals surface area contributed by atoms with Crippen molar-refractivity contribution >= 4 is 46.8 Å². The number of carbonyl (C=O) groups is 2. The third-order valence-corrected chi connectivity index (χ3v) is 4.15. The van der Waals surface area contributed by atoms with Gasteiger partial charge in [-0.3, -0.25) is 9.59 Å². The number of esters is 1. The zero-order valence-electron chi connectivity index (χ0n) is 11.9.